The van der Waals surface area contributed by atoms with Crippen molar-refractivity contribution in [2.24, 2.45) is 0 Å². The molecule has 7 heteroatoms. The second-order valence-electron chi connectivity index (χ2n) is 4.99. The Morgan fingerprint density at radius 2 is 1.83 bits per heavy atom. The number of aromatic nitrogens is 3. The summed E-state index contributed by atoms with van der Waals surface area (Å²) in [5.41, 5.74) is 2.26. The van der Waals surface area contributed by atoms with Gasteiger partial charge in [0.1, 0.15) is 5.75 Å². The van der Waals surface area contributed by atoms with Crippen molar-refractivity contribution in [1.29, 1.82) is 0 Å². The maximum Gasteiger partial charge on any atom is 0.272 e. The molecule has 0 bridgehead atoms. The van der Waals surface area contributed by atoms with Gasteiger partial charge in [0.25, 0.3) is 5.69 Å². The number of rotatable bonds is 4. The molecule has 3 rings (SSSR count). The standard InChI is InChI=1S/C16H14N4O3/c1-10-9-12(5-8-14(10)20(21)22)16-17-15(18-19-16)11-3-6-13(23-2)7-4-11/h3-9H,1-2H3,(H,17,18,19). The molecule has 1 N–H and O–H groups in total. The molecule has 116 valence electrons. The van der Waals surface area contributed by atoms with E-state index in [1.807, 2.05) is 24.3 Å². The number of benzene rings is 2. The molecule has 1 aromatic heterocycles. The van der Waals surface area contributed by atoms with Gasteiger partial charge < -0.3 is 4.74 Å². The van der Waals surface area contributed by atoms with Gasteiger partial charge in [-0.25, -0.2) is 4.98 Å². The summed E-state index contributed by atoms with van der Waals surface area (Å²) in [6.07, 6.45) is 0. The van der Waals surface area contributed by atoms with Crippen LogP contribution in [0, 0.1) is 17.0 Å². The molecule has 2 aromatic carbocycles. The van der Waals surface area contributed by atoms with Crippen molar-refractivity contribution in [3.8, 4) is 28.5 Å². The fourth-order valence-corrected chi connectivity index (χ4v) is 2.27. The number of H-pyrrole nitrogens is 1. The fourth-order valence-electron chi connectivity index (χ4n) is 2.27. The highest BCUT2D eigenvalue weighted by Gasteiger charge is 2.13. The second-order valence-corrected chi connectivity index (χ2v) is 4.99. The van der Waals surface area contributed by atoms with Gasteiger partial charge in [0.05, 0.1) is 12.0 Å². The zero-order chi connectivity index (χ0) is 16.4. The molecule has 0 unspecified atom stereocenters. The molecular formula is C16H14N4O3. The first-order valence-electron chi connectivity index (χ1n) is 6.90. The molecule has 0 spiro atoms. The van der Waals surface area contributed by atoms with Crippen LogP contribution in [0.4, 0.5) is 5.69 Å². The Morgan fingerprint density at radius 1 is 1.13 bits per heavy atom. The Morgan fingerprint density at radius 3 is 2.43 bits per heavy atom. The first-order chi connectivity index (χ1) is 11.1. The number of aryl methyl sites for hydroxylation is 1. The molecule has 0 fully saturated rings. The van der Waals surface area contributed by atoms with Crippen LogP contribution in [-0.2, 0) is 0 Å². The number of nitro benzene ring substituents is 1. The summed E-state index contributed by atoms with van der Waals surface area (Å²) in [5, 5.41) is 17.9. The molecule has 0 radical (unpaired) electrons. The van der Waals surface area contributed by atoms with Crippen molar-refractivity contribution in [3.63, 3.8) is 0 Å². The van der Waals surface area contributed by atoms with Crippen LogP contribution in [0.15, 0.2) is 42.5 Å². The molecule has 0 atom stereocenters. The van der Waals surface area contributed by atoms with Gasteiger partial charge >= 0.3 is 0 Å². The van der Waals surface area contributed by atoms with Crippen LogP contribution in [-0.4, -0.2) is 27.2 Å². The monoisotopic (exact) mass is 310 g/mol. The van der Waals surface area contributed by atoms with Gasteiger partial charge in [-0.2, -0.15) is 5.10 Å². The Balaban J connectivity index is 1.92. The number of nitrogens with one attached hydrogen (secondary N) is 1. The van der Waals surface area contributed by atoms with Gasteiger partial charge in [-0.3, -0.25) is 15.2 Å². The van der Waals surface area contributed by atoms with Crippen molar-refractivity contribution in [2.75, 3.05) is 7.11 Å². The van der Waals surface area contributed by atoms with Crippen molar-refractivity contribution >= 4 is 5.69 Å². The van der Waals surface area contributed by atoms with Gasteiger partial charge in [0.2, 0.25) is 0 Å². The number of hydrogen-bond donors (Lipinski definition) is 1. The number of nitrogens with zero attached hydrogens (tertiary/aromatic N) is 3. The SMILES string of the molecule is COc1ccc(-c2nc(-c3ccc([N+](=O)[O-])c(C)c3)n[nH]2)cc1. The zero-order valence-corrected chi connectivity index (χ0v) is 12.6. The van der Waals surface area contributed by atoms with Gasteiger partial charge in [0, 0.05) is 22.8 Å². The molecule has 0 amide bonds. The van der Waals surface area contributed by atoms with Crippen molar-refractivity contribution in [1.82, 2.24) is 15.2 Å². The van der Waals surface area contributed by atoms with E-state index in [4.69, 9.17) is 4.74 Å². The third kappa shape index (κ3) is 2.89. The highest BCUT2D eigenvalue weighted by atomic mass is 16.6. The quantitative estimate of drug-likeness (QED) is 0.589. The van der Waals surface area contributed by atoms with E-state index in [0.717, 1.165) is 16.9 Å². The van der Waals surface area contributed by atoms with Gasteiger partial charge in [-0.05, 0) is 43.3 Å². The smallest absolute Gasteiger partial charge is 0.272 e. The average Bonchev–Trinajstić information content (AvgIpc) is 3.04. The topological polar surface area (TPSA) is 93.9 Å². The first-order valence-corrected chi connectivity index (χ1v) is 6.90. The molecule has 0 saturated heterocycles. The molecule has 23 heavy (non-hydrogen) atoms. The van der Waals surface area contributed by atoms with E-state index in [-0.39, 0.29) is 5.69 Å². The normalized spacial score (nSPS) is 10.5. The summed E-state index contributed by atoms with van der Waals surface area (Å²) in [7, 11) is 1.61. The number of hydrogen-bond acceptors (Lipinski definition) is 5. The van der Waals surface area contributed by atoms with Crippen molar-refractivity contribution in [3.05, 3.63) is 58.1 Å². The summed E-state index contributed by atoms with van der Waals surface area (Å²) in [6.45, 7) is 1.69. The lowest BCUT2D eigenvalue weighted by Gasteiger charge is -2.00. The minimum atomic E-state index is -0.403. The molecular weight excluding hydrogens is 296 g/mol. The Kier molecular flexibility index (Phi) is 3.76. The number of methoxy groups -OCH3 is 1. The highest BCUT2D eigenvalue weighted by Crippen LogP contribution is 2.26. The third-order valence-corrected chi connectivity index (χ3v) is 3.50. The van der Waals surface area contributed by atoms with Crippen LogP contribution in [0.2, 0.25) is 0 Å². The number of nitro groups is 1. The fraction of sp³-hybridized carbons (Fsp3) is 0.125. The first kappa shape index (κ1) is 14.7. The van der Waals surface area contributed by atoms with E-state index < -0.39 is 4.92 Å². The van der Waals surface area contributed by atoms with Crippen LogP contribution in [0.25, 0.3) is 22.8 Å². The maximum absolute atomic E-state index is 10.9. The predicted octanol–water partition coefficient (Wildman–Crippen LogP) is 3.36. The Hall–Kier alpha value is -3.22. The zero-order valence-electron chi connectivity index (χ0n) is 12.6. The van der Waals surface area contributed by atoms with Crippen molar-refractivity contribution < 1.29 is 9.66 Å². The van der Waals surface area contributed by atoms with Gasteiger partial charge in [-0.15, -0.1) is 0 Å². The molecule has 7 nitrogen and oxygen atoms in total. The predicted molar refractivity (Wildman–Crippen MR) is 85.2 cm³/mol. The third-order valence-electron chi connectivity index (χ3n) is 3.50. The average molecular weight is 310 g/mol. The molecule has 0 saturated carbocycles. The lowest BCUT2D eigenvalue weighted by atomic mass is 10.1. The van der Waals surface area contributed by atoms with E-state index in [0.29, 0.717) is 17.2 Å². The summed E-state index contributed by atoms with van der Waals surface area (Å²) < 4.78 is 5.12. The van der Waals surface area contributed by atoms with E-state index in [9.17, 15) is 10.1 Å². The summed E-state index contributed by atoms with van der Waals surface area (Å²) in [6, 6.07) is 12.3. The molecule has 3 aromatic rings. The minimum Gasteiger partial charge on any atom is -0.497 e. The summed E-state index contributed by atoms with van der Waals surface area (Å²) in [4.78, 5) is 14.9. The molecule has 1 heterocycles. The van der Waals surface area contributed by atoms with Crippen LogP contribution >= 0.6 is 0 Å². The van der Waals surface area contributed by atoms with Crippen LogP contribution in [0.5, 0.6) is 5.75 Å². The Labute approximate surface area is 132 Å². The largest absolute Gasteiger partial charge is 0.497 e. The number of aromatic amines is 1. The minimum absolute atomic E-state index is 0.0830. The van der Waals surface area contributed by atoms with Crippen LogP contribution in [0.1, 0.15) is 5.56 Å². The lowest BCUT2D eigenvalue weighted by molar-refractivity contribution is -0.385. The van der Waals surface area contributed by atoms with Gasteiger partial charge in [0.15, 0.2) is 11.6 Å². The molecule has 0 aliphatic rings. The van der Waals surface area contributed by atoms with Gasteiger partial charge in [-0.1, -0.05) is 0 Å². The van der Waals surface area contributed by atoms with Crippen LogP contribution in [0.3, 0.4) is 0 Å². The maximum atomic E-state index is 10.9. The molecule has 0 aliphatic heterocycles. The van der Waals surface area contributed by atoms with E-state index in [1.165, 1.54) is 6.07 Å². The van der Waals surface area contributed by atoms with E-state index in [2.05, 4.69) is 15.2 Å². The second kappa shape index (κ2) is 5.88. The highest BCUT2D eigenvalue weighted by molar-refractivity contribution is 5.64. The lowest BCUT2D eigenvalue weighted by Crippen LogP contribution is -1.92. The van der Waals surface area contributed by atoms with E-state index >= 15 is 0 Å². The van der Waals surface area contributed by atoms with E-state index in [1.54, 1.807) is 26.2 Å². The van der Waals surface area contributed by atoms with Crippen LogP contribution < -0.4 is 4.74 Å². The summed E-state index contributed by atoms with van der Waals surface area (Å²) >= 11 is 0. The van der Waals surface area contributed by atoms with Crippen molar-refractivity contribution in [2.45, 2.75) is 6.92 Å². The molecule has 0 aliphatic carbocycles. The summed E-state index contributed by atoms with van der Waals surface area (Å²) in [5.74, 6) is 1.88. The number of ether oxygens (including phenoxy) is 1. The Bertz CT molecular complexity index is 856.